The van der Waals surface area contributed by atoms with Crippen LogP contribution in [0.15, 0.2) is 133 Å². The normalized spacial score (nSPS) is 12.2. The topological polar surface area (TPSA) is 0 Å². The minimum absolute atomic E-state index is 0.113. The molecule has 0 radical (unpaired) electrons. The summed E-state index contributed by atoms with van der Waals surface area (Å²) in [6.07, 6.45) is 6.69. The van der Waals surface area contributed by atoms with Gasteiger partial charge >= 0.3 is 0 Å². The fourth-order valence-electron chi connectivity index (χ4n) is 3.39. The number of benzene rings is 4. The Balaban J connectivity index is 1.77. The summed E-state index contributed by atoms with van der Waals surface area (Å²) < 4.78 is 0. The van der Waals surface area contributed by atoms with Gasteiger partial charge in [0.05, 0.1) is 0 Å². The SMILES string of the molecule is C(#Cc1ccccc1)/C(=C/C(/C=C/c1ccccc1)c1ccccc1)c1ccccc1. The van der Waals surface area contributed by atoms with Gasteiger partial charge in [0.1, 0.15) is 0 Å². The first-order valence-electron chi connectivity index (χ1n) is 10.5. The van der Waals surface area contributed by atoms with Crippen molar-refractivity contribution in [1.82, 2.24) is 0 Å². The maximum atomic E-state index is 3.43. The maximum absolute atomic E-state index is 3.43. The van der Waals surface area contributed by atoms with E-state index in [-0.39, 0.29) is 5.92 Å². The summed E-state index contributed by atoms with van der Waals surface area (Å²) in [6, 6.07) is 41.5. The van der Waals surface area contributed by atoms with E-state index in [1.165, 1.54) is 11.1 Å². The first-order chi connectivity index (χ1) is 15.4. The molecule has 0 bridgehead atoms. The lowest BCUT2D eigenvalue weighted by atomic mass is 9.93. The molecule has 0 aliphatic carbocycles. The molecule has 0 fully saturated rings. The average Bonchev–Trinajstić information content (AvgIpc) is 2.86. The van der Waals surface area contributed by atoms with E-state index in [4.69, 9.17) is 0 Å². The van der Waals surface area contributed by atoms with Crippen molar-refractivity contribution in [2.45, 2.75) is 5.92 Å². The van der Waals surface area contributed by atoms with Crippen molar-refractivity contribution in [2.24, 2.45) is 0 Å². The Hall–Kier alpha value is -4.08. The molecule has 4 aromatic rings. The first-order valence-corrected chi connectivity index (χ1v) is 10.5. The van der Waals surface area contributed by atoms with Crippen LogP contribution in [0.25, 0.3) is 11.6 Å². The number of allylic oxidation sites excluding steroid dienone is 3. The minimum atomic E-state index is 0.113. The summed E-state index contributed by atoms with van der Waals surface area (Å²) in [6.45, 7) is 0. The molecule has 0 amide bonds. The fourth-order valence-corrected chi connectivity index (χ4v) is 3.39. The van der Waals surface area contributed by atoms with Crippen molar-refractivity contribution in [1.29, 1.82) is 0 Å². The second kappa shape index (κ2) is 10.6. The van der Waals surface area contributed by atoms with Crippen LogP contribution in [0.2, 0.25) is 0 Å². The van der Waals surface area contributed by atoms with E-state index in [0.717, 1.165) is 16.7 Å². The van der Waals surface area contributed by atoms with Gasteiger partial charge in [-0.2, -0.15) is 0 Å². The summed E-state index contributed by atoms with van der Waals surface area (Å²) in [5.41, 5.74) is 5.59. The number of rotatable bonds is 5. The van der Waals surface area contributed by atoms with E-state index < -0.39 is 0 Å². The van der Waals surface area contributed by atoms with Crippen molar-refractivity contribution < 1.29 is 0 Å². The molecular weight excluding hydrogens is 372 g/mol. The van der Waals surface area contributed by atoms with Gasteiger partial charge in [-0.25, -0.2) is 0 Å². The van der Waals surface area contributed by atoms with Crippen molar-refractivity contribution in [3.8, 4) is 11.8 Å². The van der Waals surface area contributed by atoms with Crippen molar-refractivity contribution in [2.75, 3.05) is 0 Å². The molecule has 31 heavy (non-hydrogen) atoms. The quantitative estimate of drug-likeness (QED) is 0.304. The Labute approximate surface area is 185 Å². The lowest BCUT2D eigenvalue weighted by Gasteiger charge is -2.11. The van der Waals surface area contributed by atoms with Gasteiger partial charge in [0, 0.05) is 17.1 Å². The maximum Gasteiger partial charge on any atom is 0.0290 e. The third kappa shape index (κ3) is 5.95. The number of hydrogen-bond acceptors (Lipinski definition) is 0. The zero-order valence-corrected chi connectivity index (χ0v) is 17.4. The minimum Gasteiger partial charge on any atom is -0.0726 e. The van der Waals surface area contributed by atoms with E-state index in [0.29, 0.717) is 0 Å². The molecule has 0 spiro atoms. The monoisotopic (exact) mass is 396 g/mol. The van der Waals surface area contributed by atoms with Gasteiger partial charge in [0.25, 0.3) is 0 Å². The Bertz CT molecular complexity index is 1190. The Morgan fingerprint density at radius 3 is 1.81 bits per heavy atom. The molecule has 0 heterocycles. The molecule has 0 N–H and O–H groups in total. The molecule has 0 aliphatic rings. The molecule has 1 atom stereocenters. The van der Waals surface area contributed by atoms with Crippen LogP contribution in [0.1, 0.15) is 28.2 Å². The van der Waals surface area contributed by atoms with Crippen LogP contribution < -0.4 is 0 Å². The van der Waals surface area contributed by atoms with E-state index in [1.807, 2.05) is 42.5 Å². The zero-order chi connectivity index (χ0) is 21.1. The molecule has 0 aliphatic heterocycles. The molecule has 0 saturated heterocycles. The molecular formula is C31H24. The van der Waals surface area contributed by atoms with Crippen molar-refractivity contribution in [3.63, 3.8) is 0 Å². The average molecular weight is 397 g/mol. The molecule has 1 unspecified atom stereocenters. The summed E-state index contributed by atoms with van der Waals surface area (Å²) in [7, 11) is 0. The third-order valence-corrected chi connectivity index (χ3v) is 5.03. The molecule has 148 valence electrons. The van der Waals surface area contributed by atoms with Gasteiger partial charge in [-0.15, -0.1) is 0 Å². The Morgan fingerprint density at radius 1 is 0.613 bits per heavy atom. The van der Waals surface area contributed by atoms with E-state index in [1.54, 1.807) is 0 Å². The van der Waals surface area contributed by atoms with Crippen LogP contribution in [-0.2, 0) is 0 Å². The molecule has 0 heteroatoms. The van der Waals surface area contributed by atoms with Crippen LogP contribution in [0.3, 0.4) is 0 Å². The Kier molecular flexibility index (Phi) is 6.93. The second-order valence-electron chi connectivity index (χ2n) is 7.27. The first kappa shape index (κ1) is 20.2. The summed E-state index contributed by atoms with van der Waals surface area (Å²) in [5.74, 6) is 6.87. The van der Waals surface area contributed by atoms with E-state index in [9.17, 15) is 0 Å². The molecule has 0 aromatic heterocycles. The molecule has 0 saturated carbocycles. The van der Waals surface area contributed by atoms with Gasteiger partial charge in [-0.05, 0) is 28.8 Å². The van der Waals surface area contributed by atoms with Gasteiger partial charge in [-0.3, -0.25) is 0 Å². The highest BCUT2D eigenvalue weighted by molar-refractivity contribution is 5.80. The predicted octanol–water partition coefficient (Wildman–Crippen LogP) is 7.62. The van der Waals surface area contributed by atoms with Crippen LogP contribution in [0, 0.1) is 11.8 Å². The lowest BCUT2D eigenvalue weighted by Crippen LogP contribution is -1.93. The zero-order valence-electron chi connectivity index (χ0n) is 17.4. The predicted molar refractivity (Wildman–Crippen MR) is 132 cm³/mol. The van der Waals surface area contributed by atoms with E-state index in [2.05, 4.69) is 109 Å². The molecule has 4 rings (SSSR count). The van der Waals surface area contributed by atoms with Gasteiger partial charge in [-0.1, -0.05) is 139 Å². The number of hydrogen-bond donors (Lipinski definition) is 0. The van der Waals surface area contributed by atoms with Gasteiger partial charge in [0.15, 0.2) is 0 Å². The van der Waals surface area contributed by atoms with E-state index >= 15 is 0 Å². The highest BCUT2D eigenvalue weighted by Gasteiger charge is 2.08. The third-order valence-electron chi connectivity index (χ3n) is 5.03. The van der Waals surface area contributed by atoms with Crippen molar-refractivity contribution >= 4 is 11.6 Å². The van der Waals surface area contributed by atoms with Crippen LogP contribution >= 0.6 is 0 Å². The summed E-state index contributed by atoms with van der Waals surface area (Å²) >= 11 is 0. The fraction of sp³-hybridized carbons (Fsp3) is 0.0323. The van der Waals surface area contributed by atoms with Gasteiger partial charge in [0.2, 0.25) is 0 Å². The molecule has 4 aromatic carbocycles. The summed E-state index contributed by atoms with van der Waals surface area (Å²) in [4.78, 5) is 0. The van der Waals surface area contributed by atoms with Crippen molar-refractivity contribution in [3.05, 3.63) is 156 Å². The van der Waals surface area contributed by atoms with Gasteiger partial charge < -0.3 is 0 Å². The molecule has 0 nitrogen and oxygen atoms in total. The smallest absolute Gasteiger partial charge is 0.0290 e. The largest absolute Gasteiger partial charge is 0.0726 e. The highest BCUT2D eigenvalue weighted by Crippen LogP contribution is 2.25. The second-order valence-corrected chi connectivity index (χ2v) is 7.27. The van der Waals surface area contributed by atoms with Crippen LogP contribution in [0.5, 0.6) is 0 Å². The Morgan fingerprint density at radius 2 is 1.16 bits per heavy atom. The standard InChI is InChI=1S/C31H24/c1-5-13-26(14-6-1)21-23-30(28-17-9-3-10-18-28)25-31(29-19-11-4-12-20-29)24-22-27-15-7-2-8-16-27/h1-21,23,25,30H/b23-21+,31-25-. The highest BCUT2D eigenvalue weighted by atomic mass is 14.1. The van der Waals surface area contributed by atoms with Crippen LogP contribution in [0.4, 0.5) is 0 Å². The lowest BCUT2D eigenvalue weighted by molar-refractivity contribution is 1.09. The van der Waals surface area contributed by atoms with Crippen LogP contribution in [-0.4, -0.2) is 0 Å². The summed E-state index contributed by atoms with van der Waals surface area (Å²) in [5, 5.41) is 0.